The molecule has 2 heterocycles. The zero-order valence-corrected chi connectivity index (χ0v) is 11.9. The first-order valence-electron chi connectivity index (χ1n) is 6.21. The molecular weight excluding hydrogens is 280 g/mol. The lowest BCUT2D eigenvalue weighted by Gasteiger charge is -2.10. The zero-order chi connectivity index (χ0) is 15.4. The maximum absolute atomic E-state index is 10.7. The zero-order valence-electron chi connectivity index (χ0n) is 11.9. The summed E-state index contributed by atoms with van der Waals surface area (Å²) in [5.74, 6) is 0.0919. The van der Waals surface area contributed by atoms with Crippen molar-refractivity contribution in [3.05, 3.63) is 29.6 Å². The van der Waals surface area contributed by atoms with Gasteiger partial charge in [0.1, 0.15) is 12.4 Å². The molecule has 9 heteroatoms. The van der Waals surface area contributed by atoms with Crippen LogP contribution >= 0.6 is 0 Å². The van der Waals surface area contributed by atoms with Crippen molar-refractivity contribution in [1.82, 2.24) is 20.0 Å². The molecule has 1 N–H and O–H groups in total. The van der Waals surface area contributed by atoms with Gasteiger partial charge in [0, 0.05) is 7.11 Å². The van der Waals surface area contributed by atoms with E-state index in [-0.39, 0.29) is 11.8 Å². The van der Waals surface area contributed by atoms with Gasteiger partial charge in [-0.25, -0.2) is 9.78 Å². The van der Waals surface area contributed by atoms with Crippen molar-refractivity contribution in [1.29, 1.82) is 0 Å². The number of hydrogen-bond acceptors (Lipinski definition) is 8. The van der Waals surface area contributed by atoms with Crippen molar-refractivity contribution in [2.24, 2.45) is 0 Å². The second kappa shape index (κ2) is 6.46. The Morgan fingerprint density at radius 2 is 2.14 bits per heavy atom. The summed E-state index contributed by atoms with van der Waals surface area (Å²) in [6.07, 6.45) is 0.869. The van der Waals surface area contributed by atoms with E-state index < -0.39 is 5.97 Å². The number of aromatic nitrogens is 3. The van der Waals surface area contributed by atoms with Gasteiger partial charge in [-0.05, 0) is 14.0 Å². The first-order valence-corrected chi connectivity index (χ1v) is 6.21. The number of ether oxygens (including phenoxy) is 1. The number of nitrogens with zero attached hydrogens (tertiary/aromatic N) is 4. The molecule has 0 spiro atoms. The molecule has 2 rings (SSSR count). The second-order valence-electron chi connectivity index (χ2n) is 4.53. The Balaban J connectivity index is 1.93. The summed E-state index contributed by atoms with van der Waals surface area (Å²) in [5.41, 5.74) is -0.118. The van der Waals surface area contributed by atoms with E-state index in [4.69, 9.17) is 18.8 Å². The maximum atomic E-state index is 10.7. The molecule has 0 fully saturated rings. The van der Waals surface area contributed by atoms with Crippen molar-refractivity contribution in [3.63, 3.8) is 0 Å². The molecule has 0 saturated carbocycles. The molecule has 0 saturated heterocycles. The van der Waals surface area contributed by atoms with E-state index in [9.17, 15) is 4.79 Å². The molecule has 2 aromatic rings. The Bertz CT molecular complexity index is 608. The third-order valence-corrected chi connectivity index (χ3v) is 2.78. The fraction of sp³-hybridized carbons (Fsp3) is 0.500. The van der Waals surface area contributed by atoms with Crippen LogP contribution < -0.4 is 0 Å². The van der Waals surface area contributed by atoms with Crippen molar-refractivity contribution < 1.29 is 23.6 Å². The van der Waals surface area contributed by atoms with Crippen LogP contribution in [0.25, 0.3) is 0 Å². The van der Waals surface area contributed by atoms with Crippen molar-refractivity contribution in [3.8, 4) is 0 Å². The van der Waals surface area contributed by atoms with Gasteiger partial charge >= 0.3 is 5.97 Å². The summed E-state index contributed by atoms with van der Waals surface area (Å²) >= 11 is 0. The van der Waals surface area contributed by atoms with Crippen LogP contribution in [0.4, 0.5) is 0 Å². The van der Waals surface area contributed by atoms with E-state index >= 15 is 0 Å². The van der Waals surface area contributed by atoms with Crippen LogP contribution in [0.1, 0.15) is 41.1 Å². The predicted octanol–water partition coefficient (Wildman–Crippen LogP) is 1.10. The van der Waals surface area contributed by atoms with Crippen molar-refractivity contribution in [2.75, 3.05) is 14.2 Å². The fourth-order valence-corrected chi connectivity index (χ4v) is 1.60. The fourth-order valence-electron chi connectivity index (χ4n) is 1.60. The van der Waals surface area contributed by atoms with E-state index in [0.29, 0.717) is 30.7 Å². The molecule has 9 nitrogen and oxygen atoms in total. The van der Waals surface area contributed by atoms with Crippen LogP contribution in [-0.2, 0) is 17.8 Å². The third-order valence-electron chi connectivity index (χ3n) is 2.78. The molecule has 0 aliphatic carbocycles. The highest BCUT2D eigenvalue weighted by molar-refractivity contribution is 5.84. The molecular formula is C12H16N4O5. The SMILES string of the molecule is COC(C)c1noc(CN(C)Cc2nc(C(=O)O)co2)n1. The quantitative estimate of drug-likeness (QED) is 0.801. The van der Waals surface area contributed by atoms with E-state index in [1.807, 2.05) is 11.8 Å². The van der Waals surface area contributed by atoms with Crippen molar-refractivity contribution >= 4 is 5.97 Å². The lowest BCUT2D eigenvalue weighted by Crippen LogP contribution is -2.18. The molecule has 0 bridgehead atoms. The lowest BCUT2D eigenvalue weighted by molar-refractivity contribution is 0.0690. The molecule has 114 valence electrons. The monoisotopic (exact) mass is 296 g/mol. The molecule has 0 aliphatic rings. The van der Waals surface area contributed by atoms with Gasteiger partial charge < -0.3 is 18.8 Å². The number of carbonyl (C=O) groups is 1. The molecule has 21 heavy (non-hydrogen) atoms. The maximum Gasteiger partial charge on any atom is 0.357 e. The van der Waals surface area contributed by atoms with Gasteiger partial charge in [0.25, 0.3) is 0 Å². The summed E-state index contributed by atoms with van der Waals surface area (Å²) in [6.45, 7) is 2.53. The van der Waals surface area contributed by atoms with Gasteiger partial charge in [0.15, 0.2) is 11.5 Å². The van der Waals surface area contributed by atoms with Crippen molar-refractivity contribution in [2.45, 2.75) is 26.1 Å². The van der Waals surface area contributed by atoms with Gasteiger partial charge in [0.05, 0.1) is 13.1 Å². The molecule has 1 unspecified atom stereocenters. The molecule has 2 aromatic heterocycles. The summed E-state index contributed by atoms with van der Waals surface area (Å²) in [4.78, 5) is 20.6. The van der Waals surface area contributed by atoms with Gasteiger partial charge in [-0.2, -0.15) is 4.98 Å². The van der Waals surface area contributed by atoms with Gasteiger partial charge in [-0.3, -0.25) is 4.90 Å². The minimum absolute atomic E-state index is 0.118. The second-order valence-corrected chi connectivity index (χ2v) is 4.53. The number of carboxylic acid groups (broad SMARTS) is 1. The van der Waals surface area contributed by atoms with E-state index in [0.717, 1.165) is 6.26 Å². The Hall–Kier alpha value is -2.26. The number of aromatic carboxylic acids is 1. The Kier molecular flexibility index (Phi) is 4.66. The highest BCUT2D eigenvalue weighted by Crippen LogP contribution is 2.13. The van der Waals surface area contributed by atoms with Crippen LogP contribution in [0.15, 0.2) is 15.2 Å². The third kappa shape index (κ3) is 3.86. The molecule has 0 amide bonds. The summed E-state index contributed by atoms with van der Waals surface area (Å²) in [6, 6.07) is 0. The van der Waals surface area contributed by atoms with Gasteiger partial charge in [-0.15, -0.1) is 0 Å². The summed E-state index contributed by atoms with van der Waals surface area (Å²) < 4.78 is 15.3. The highest BCUT2D eigenvalue weighted by Gasteiger charge is 2.16. The lowest BCUT2D eigenvalue weighted by atomic mass is 10.4. The molecule has 0 aliphatic heterocycles. The van der Waals surface area contributed by atoms with Crippen LogP contribution in [-0.4, -0.2) is 45.3 Å². The number of carboxylic acids is 1. The van der Waals surface area contributed by atoms with Crippen LogP contribution in [0.5, 0.6) is 0 Å². The van der Waals surface area contributed by atoms with Gasteiger partial charge in [-0.1, -0.05) is 5.16 Å². The Labute approximate surface area is 120 Å². The van der Waals surface area contributed by atoms with Crippen LogP contribution in [0.3, 0.4) is 0 Å². The largest absolute Gasteiger partial charge is 0.476 e. The summed E-state index contributed by atoms with van der Waals surface area (Å²) in [7, 11) is 3.36. The highest BCUT2D eigenvalue weighted by atomic mass is 16.5. The molecule has 1 atom stereocenters. The number of rotatable bonds is 7. The Morgan fingerprint density at radius 3 is 2.76 bits per heavy atom. The summed E-state index contributed by atoms with van der Waals surface area (Å²) in [5, 5.41) is 12.6. The first kappa shape index (κ1) is 15.1. The number of oxazole rings is 1. The van der Waals surface area contributed by atoms with E-state index in [1.165, 1.54) is 0 Å². The minimum Gasteiger partial charge on any atom is -0.476 e. The Morgan fingerprint density at radius 1 is 1.43 bits per heavy atom. The minimum atomic E-state index is -1.12. The number of methoxy groups -OCH3 is 1. The number of hydrogen-bond donors (Lipinski definition) is 1. The van der Waals surface area contributed by atoms with E-state index in [1.54, 1.807) is 14.2 Å². The van der Waals surface area contributed by atoms with Gasteiger partial charge in [0.2, 0.25) is 11.8 Å². The van der Waals surface area contributed by atoms with E-state index in [2.05, 4.69) is 15.1 Å². The average molecular weight is 296 g/mol. The standard InChI is InChI=1S/C12H16N4O5/c1-7(19-3)11-14-10(21-15-11)5-16(2)4-9-13-8(6-20-9)12(17)18/h6-7H,4-5H2,1-3H3,(H,17,18). The van der Waals surface area contributed by atoms with Crippen LogP contribution in [0.2, 0.25) is 0 Å². The predicted molar refractivity (Wildman–Crippen MR) is 68.4 cm³/mol. The van der Waals surface area contributed by atoms with Crippen LogP contribution in [0, 0.1) is 0 Å². The molecule has 0 aromatic carbocycles. The topological polar surface area (TPSA) is 115 Å². The molecule has 0 radical (unpaired) electrons. The first-order chi connectivity index (χ1) is 9.99. The average Bonchev–Trinajstić information content (AvgIpc) is 3.07. The smallest absolute Gasteiger partial charge is 0.357 e. The normalized spacial score (nSPS) is 12.8.